The van der Waals surface area contributed by atoms with E-state index in [9.17, 15) is 0 Å². The van der Waals surface area contributed by atoms with Gasteiger partial charge in [0.25, 0.3) is 0 Å². The number of aliphatic hydroxyl groups is 1. The molecule has 0 aromatic heterocycles. The van der Waals surface area contributed by atoms with Crippen molar-refractivity contribution in [2.45, 2.75) is 6.92 Å². The fourth-order valence-corrected chi connectivity index (χ4v) is 0.534. The highest BCUT2D eigenvalue weighted by atomic mass is 16.3. The Hall–Kier alpha value is -1.28. The molecule has 12 heavy (non-hydrogen) atoms. The Morgan fingerprint density at radius 3 is 2.00 bits per heavy atom. The van der Waals surface area contributed by atoms with E-state index in [-0.39, 0.29) is 12.3 Å². The van der Waals surface area contributed by atoms with Crippen LogP contribution in [0.2, 0.25) is 0 Å². The van der Waals surface area contributed by atoms with Crippen molar-refractivity contribution in [3.63, 3.8) is 0 Å². The summed E-state index contributed by atoms with van der Waals surface area (Å²) in [5.74, 6) is 0.0324. The first-order valence-electron chi connectivity index (χ1n) is 3.75. The van der Waals surface area contributed by atoms with Gasteiger partial charge in [0.05, 0.1) is 12.3 Å². The van der Waals surface area contributed by atoms with E-state index in [0.29, 0.717) is 0 Å². The maximum absolute atomic E-state index is 8.04. The van der Waals surface area contributed by atoms with Crippen LogP contribution in [0.15, 0.2) is 42.7 Å². The second kappa shape index (κ2) is 6.43. The maximum Gasteiger partial charge on any atom is 0.0986 e. The predicted molar refractivity (Wildman–Crippen MR) is 52.0 cm³/mol. The smallest absolute Gasteiger partial charge is 0.0986 e. The number of aryl methyl sites for hydroxylation is 1. The summed E-state index contributed by atoms with van der Waals surface area (Å²) in [5, 5.41) is 8.04. The van der Waals surface area contributed by atoms with Crippen LogP contribution in [-0.2, 0) is 0 Å². The summed E-state index contributed by atoms with van der Waals surface area (Å²) in [6, 6.07) is 10.3. The molecule has 0 aliphatic carbocycles. The van der Waals surface area contributed by atoms with Crippen LogP contribution >= 0.6 is 0 Å². The van der Waals surface area contributed by atoms with Gasteiger partial charge in [-0.05, 0) is 6.92 Å². The molecule has 0 spiro atoms. The molecule has 0 aliphatic rings. The monoisotopic (exact) mass is 165 g/mol. The highest BCUT2D eigenvalue weighted by Crippen LogP contribution is 1.92. The van der Waals surface area contributed by atoms with Crippen LogP contribution in [0.1, 0.15) is 5.56 Å². The van der Waals surface area contributed by atoms with E-state index in [1.807, 2.05) is 18.2 Å². The maximum atomic E-state index is 8.04. The topological polar surface area (TPSA) is 46.2 Å². The molecule has 0 saturated heterocycles. The van der Waals surface area contributed by atoms with Crippen molar-refractivity contribution in [3.8, 4) is 0 Å². The minimum absolute atomic E-state index is 0.0324. The number of nitrogens with two attached hydrogens (primary N) is 1. The summed E-state index contributed by atoms with van der Waals surface area (Å²) >= 11 is 0. The van der Waals surface area contributed by atoms with Gasteiger partial charge < -0.3 is 10.8 Å². The average Bonchev–Trinajstić information content (AvgIpc) is 2.07. The van der Waals surface area contributed by atoms with Gasteiger partial charge in [0.15, 0.2) is 0 Å². The van der Waals surface area contributed by atoms with Crippen molar-refractivity contribution >= 4 is 0 Å². The quantitative estimate of drug-likeness (QED) is 0.625. The van der Waals surface area contributed by atoms with Crippen molar-refractivity contribution in [1.82, 2.24) is 0 Å². The second-order valence-corrected chi connectivity index (χ2v) is 2.43. The molecule has 66 valence electrons. The molecule has 1 rings (SSSR count). The third-order valence-electron chi connectivity index (χ3n) is 1.18. The molecule has 0 saturated carbocycles. The van der Waals surface area contributed by atoms with Crippen LogP contribution in [0.5, 0.6) is 0 Å². The van der Waals surface area contributed by atoms with Gasteiger partial charge in [-0.2, -0.15) is 0 Å². The standard InChI is InChI=1S/C7H8.C3H7NO/c1-7-5-3-2-4-6-7;1-3(5)2-4/h2-6H,1H3;5H,1-2,4H2. The van der Waals surface area contributed by atoms with Crippen LogP contribution < -0.4 is 5.73 Å². The summed E-state index contributed by atoms with van der Waals surface area (Å²) < 4.78 is 0. The molecule has 0 fully saturated rings. The van der Waals surface area contributed by atoms with Crippen LogP contribution in [0.3, 0.4) is 0 Å². The Morgan fingerprint density at radius 1 is 1.42 bits per heavy atom. The zero-order valence-electron chi connectivity index (χ0n) is 7.33. The van der Waals surface area contributed by atoms with Gasteiger partial charge in [-0.25, -0.2) is 0 Å². The molecule has 0 unspecified atom stereocenters. The lowest BCUT2D eigenvalue weighted by atomic mass is 10.2. The fourth-order valence-electron chi connectivity index (χ4n) is 0.534. The van der Waals surface area contributed by atoms with E-state index in [2.05, 4.69) is 25.6 Å². The molecular weight excluding hydrogens is 150 g/mol. The van der Waals surface area contributed by atoms with Crippen molar-refractivity contribution in [2.75, 3.05) is 6.54 Å². The Labute approximate surface area is 73.3 Å². The first-order chi connectivity index (χ1) is 5.66. The molecule has 0 amide bonds. The van der Waals surface area contributed by atoms with Gasteiger partial charge in [-0.1, -0.05) is 42.5 Å². The highest BCUT2D eigenvalue weighted by molar-refractivity contribution is 5.11. The van der Waals surface area contributed by atoms with Crippen LogP contribution in [0, 0.1) is 6.92 Å². The SMILES string of the molecule is C=C(O)CN.Cc1ccccc1. The zero-order valence-corrected chi connectivity index (χ0v) is 7.33. The third-order valence-corrected chi connectivity index (χ3v) is 1.18. The molecule has 0 aliphatic heterocycles. The van der Waals surface area contributed by atoms with Gasteiger partial charge in [-0.15, -0.1) is 0 Å². The highest BCUT2D eigenvalue weighted by Gasteiger charge is 1.72. The molecule has 0 heterocycles. The van der Waals surface area contributed by atoms with E-state index < -0.39 is 0 Å². The Morgan fingerprint density at radius 2 is 1.83 bits per heavy atom. The Balaban J connectivity index is 0.000000217. The van der Waals surface area contributed by atoms with Crippen molar-refractivity contribution in [3.05, 3.63) is 48.2 Å². The molecule has 3 N–H and O–H groups in total. The first-order valence-corrected chi connectivity index (χ1v) is 3.75. The number of benzene rings is 1. The lowest BCUT2D eigenvalue weighted by Crippen LogP contribution is -1.99. The van der Waals surface area contributed by atoms with E-state index >= 15 is 0 Å². The number of rotatable bonds is 1. The Bertz CT molecular complexity index is 219. The average molecular weight is 165 g/mol. The number of aliphatic hydroxyl groups excluding tert-OH is 1. The third kappa shape index (κ3) is 6.83. The van der Waals surface area contributed by atoms with Crippen molar-refractivity contribution in [2.24, 2.45) is 5.73 Å². The van der Waals surface area contributed by atoms with E-state index in [4.69, 9.17) is 10.8 Å². The van der Waals surface area contributed by atoms with Gasteiger partial charge in [0.1, 0.15) is 0 Å². The van der Waals surface area contributed by atoms with Crippen LogP contribution in [-0.4, -0.2) is 11.7 Å². The molecule has 1 aromatic rings. The van der Waals surface area contributed by atoms with Gasteiger partial charge in [-0.3, -0.25) is 0 Å². The summed E-state index contributed by atoms with van der Waals surface area (Å²) in [4.78, 5) is 0. The summed E-state index contributed by atoms with van der Waals surface area (Å²) in [6.07, 6.45) is 0. The van der Waals surface area contributed by atoms with Crippen molar-refractivity contribution < 1.29 is 5.11 Å². The van der Waals surface area contributed by atoms with E-state index in [1.165, 1.54) is 5.56 Å². The molecular formula is C10H15NO. The summed E-state index contributed by atoms with van der Waals surface area (Å²) in [5.41, 5.74) is 6.14. The number of hydrogen-bond acceptors (Lipinski definition) is 2. The van der Waals surface area contributed by atoms with Crippen LogP contribution in [0.4, 0.5) is 0 Å². The summed E-state index contributed by atoms with van der Waals surface area (Å²) in [7, 11) is 0. The molecule has 1 aromatic carbocycles. The molecule has 2 heteroatoms. The summed E-state index contributed by atoms with van der Waals surface area (Å²) in [6.45, 7) is 5.35. The van der Waals surface area contributed by atoms with E-state index in [1.54, 1.807) is 0 Å². The predicted octanol–water partition coefficient (Wildman–Crippen LogP) is 2.01. The minimum atomic E-state index is 0.0324. The molecule has 0 atom stereocenters. The largest absolute Gasteiger partial charge is 0.512 e. The zero-order chi connectivity index (χ0) is 9.40. The molecule has 0 bridgehead atoms. The first kappa shape index (κ1) is 10.7. The normalized spacial score (nSPS) is 8.17. The minimum Gasteiger partial charge on any atom is -0.512 e. The number of hydrogen-bond donors (Lipinski definition) is 2. The van der Waals surface area contributed by atoms with Crippen LogP contribution in [0.25, 0.3) is 0 Å². The lowest BCUT2D eigenvalue weighted by Gasteiger charge is -1.82. The molecule has 0 radical (unpaired) electrons. The van der Waals surface area contributed by atoms with Gasteiger partial charge >= 0.3 is 0 Å². The lowest BCUT2D eigenvalue weighted by molar-refractivity contribution is 0.406. The van der Waals surface area contributed by atoms with Gasteiger partial charge in [0, 0.05) is 0 Å². The fraction of sp³-hybridized carbons (Fsp3) is 0.200. The molecule has 2 nitrogen and oxygen atoms in total. The second-order valence-electron chi connectivity index (χ2n) is 2.43. The van der Waals surface area contributed by atoms with Crippen molar-refractivity contribution in [1.29, 1.82) is 0 Å². The van der Waals surface area contributed by atoms with E-state index in [0.717, 1.165) is 0 Å². The van der Waals surface area contributed by atoms with Gasteiger partial charge in [0.2, 0.25) is 0 Å². The Kier molecular flexibility index (Phi) is 5.75.